The van der Waals surface area contributed by atoms with Gasteiger partial charge in [-0.15, -0.1) is 5.10 Å². The highest BCUT2D eigenvalue weighted by molar-refractivity contribution is 6.02. The van der Waals surface area contributed by atoms with Crippen LogP contribution in [0.15, 0.2) is 30.3 Å². The fraction of sp³-hybridized carbons (Fsp3) is 0.214. The lowest BCUT2D eigenvalue weighted by Crippen LogP contribution is -2.14. The lowest BCUT2D eigenvalue weighted by Gasteiger charge is -2.10. The zero-order chi connectivity index (χ0) is 14.5. The summed E-state index contributed by atoms with van der Waals surface area (Å²) < 4.78 is 10.3. The van der Waals surface area contributed by atoms with Gasteiger partial charge in [0.15, 0.2) is 17.2 Å². The van der Waals surface area contributed by atoms with Gasteiger partial charge in [0.05, 0.1) is 19.9 Å². The van der Waals surface area contributed by atoms with Crippen LogP contribution in [0.1, 0.15) is 16.2 Å². The van der Waals surface area contributed by atoms with Crippen molar-refractivity contribution >= 4 is 11.6 Å². The standard InChI is InChI=1S/C14H15N3O3/c1-9-4-6-11(17-16-9)14(18)15-10-5-7-12(19-2)13(8-10)20-3/h4-8H,1-3H3,(H,15,18). The van der Waals surface area contributed by atoms with Gasteiger partial charge in [0.25, 0.3) is 5.91 Å². The topological polar surface area (TPSA) is 73.3 Å². The number of amides is 1. The molecule has 6 nitrogen and oxygen atoms in total. The Morgan fingerprint density at radius 3 is 2.40 bits per heavy atom. The second-order valence-electron chi connectivity index (χ2n) is 4.08. The number of ether oxygens (including phenoxy) is 2. The first-order valence-corrected chi connectivity index (χ1v) is 5.97. The van der Waals surface area contributed by atoms with Gasteiger partial charge < -0.3 is 14.8 Å². The molecule has 0 atom stereocenters. The molecule has 0 unspecified atom stereocenters. The molecule has 0 aliphatic carbocycles. The first-order chi connectivity index (χ1) is 9.63. The average Bonchev–Trinajstić information content (AvgIpc) is 2.47. The maximum atomic E-state index is 12.0. The molecule has 0 bridgehead atoms. The molecule has 2 aromatic rings. The monoisotopic (exact) mass is 273 g/mol. The molecular weight excluding hydrogens is 258 g/mol. The van der Waals surface area contributed by atoms with E-state index >= 15 is 0 Å². The van der Waals surface area contributed by atoms with Crippen LogP contribution in [0.25, 0.3) is 0 Å². The Bertz CT molecular complexity index is 612. The van der Waals surface area contributed by atoms with Crippen molar-refractivity contribution in [1.82, 2.24) is 10.2 Å². The summed E-state index contributed by atoms with van der Waals surface area (Å²) in [5, 5.41) is 10.4. The van der Waals surface area contributed by atoms with E-state index in [1.165, 1.54) is 7.11 Å². The fourth-order valence-corrected chi connectivity index (χ4v) is 1.63. The Labute approximate surface area is 116 Å². The van der Waals surface area contributed by atoms with Crippen LogP contribution in [0.5, 0.6) is 11.5 Å². The van der Waals surface area contributed by atoms with Crippen LogP contribution >= 0.6 is 0 Å². The van der Waals surface area contributed by atoms with E-state index in [0.29, 0.717) is 17.2 Å². The predicted octanol–water partition coefficient (Wildman–Crippen LogP) is 2.05. The first-order valence-electron chi connectivity index (χ1n) is 5.97. The van der Waals surface area contributed by atoms with E-state index in [-0.39, 0.29) is 11.6 Å². The Morgan fingerprint density at radius 1 is 1.05 bits per heavy atom. The van der Waals surface area contributed by atoms with E-state index in [1.807, 2.05) is 6.92 Å². The van der Waals surface area contributed by atoms with Crippen LogP contribution in [-0.2, 0) is 0 Å². The Hall–Kier alpha value is -2.63. The number of hydrogen-bond acceptors (Lipinski definition) is 5. The Kier molecular flexibility index (Phi) is 4.14. The lowest BCUT2D eigenvalue weighted by molar-refractivity contribution is 0.102. The second-order valence-corrected chi connectivity index (χ2v) is 4.08. The molecule has 0 spiro atoms. The van der Waals surface area contributed by atoms with Crippen molar-refractivity contribution in [3.63, 3.8) is 0 Å². The number of aryl methyl sites for hydroxylation is 1. The number of hydrogen-bond donors (Lipinski definition) is 1. The van der Waals surface area contributed by atoms with E-state index < -0.39 is 0 Å². The van der Waals surface area contributed by atoms with Crippen molar-refractivity contribution < 1.29 is 14.3 Å². The Balaban J connectivity index is 2.17. The summed E-state index contributed by atoms with van der Waals surface area (Å²) in [6.45, 7) is 1.81. The summed E-state index contributed by atoms with van der Waals surface area (Å²) in [4.78, 5) is 12.0. The van der Waals surface area contributed by atoms with Crippen LogP contribution in [-0.4, -0.2) is 30.3 Å². The number of carbonyl (C=O) groups excluding carboxylic acids is 1. The number of nitrogens with zero attached hydrogens (tertiary/aromatic N) is 2. The first kappa shape index (κ1) is 13.8. The summed E-state index contributed by atoms with van der Waals surface area (Å²) in [5.74, 6) is 0.811. The van der Waals surface area contributed by atoms with Gasteiger partial charge in [-0.25, -0.2) is 0 Å². The minimum absolute atomic E-state index is 0.255. The van der Waals surface area contributed by atoms with Crippen molar-refractivity contribution in [3.05, 3.63) is 41.7 Å². The third-order valence-electron chi connectivity index (χ3n) is 2.67. The Morgan fingerprint density at radius 2 is 1.80 bits per heavy atom. The largest absolute Gasteiger partial charge is 0.493 e. The van der Waals surface area contributed by atoms with Gasteiger partial charge in [0, 0.05) is 11.8 Å². The second kappa shape index (κ2) is 6.01. The van der Waals surface area contributed by atoms with Crippen molar-refractivity contribution in [2.75, 3.05) is 19.5 Å². The van der Waals surface area contributed by atoms with E-state index in [2.05, 4.69) is 15.5 Å². The van der Waals surface area contributed by atoms with Crippen molar-refractivity contribution in [3.8, 4) is 11.5 Å². The quantitative estimate of drug-likeness (QED) is 0.923. The average molecular weight is 273 g/mol. The third-order valence-corrected chi connectivity index (χ3v) is 2.67. The molecule has 1 heterocycles. The van der Waals surface area contributed by atoms with Gasteiger partial charge in [0.1, 0.15) is 0 Å². The van der Waals surface area contributed by atoms with E-state index in [4.69, 9.17) is 9.47 Å². The molecule has 0 saturated carbocycles. The van der Waals surface area contributed by atoms with E-state index in [0.717, 1.165) is 5.69 Å². The highest BCUT2D eigenvalue weighted by atomic mass is 16.5. The number of carbonyl (C=O) groups is 1. The minimum Gasteiger partial charge on any atom is -0.493 e. The number of methoxy groups -OCH3 is 2. The summed E-state index contributed by atoms with van der Waals surface area (Å²) in [6.07, 6.45) is 0. The molecule has 1 aromatic carbocycles. The van der Waals surface area contributed by atoms with Crippen molar-refractivity contribution in [2.24, 2.45) is 0 Å². The maximum absolute atomic E-state index is 12.0. The highest BCUT2D eigenvalue weighted by Gasteiger charge is 2.10. The molecule has 104 valence electrons. The van der Waals surface area contributed by atoms with Gasteiger partial charge in [-0.3, -0.25) is 4.79 Å². The van der Waals surface area contributed by atoms with Gasteiger partial charge in [-0.05, 0) is 31.2 Å². The summed E-state index contributed by atoms with van der Waals surface area (Å²) in [7, 11) is 3.09. The highest BCUT2D eigenvalue weighted by Crippen LogP contribution is 2.29. The van der Waals surface area contributed by atoms with Crippen molar-refractivity contribution in [1.29, 1.82) is 0 Å². The molecule has 1 N–H and O–H groups in total. The smallest absolute Gasteiger partial charge is 0.276 e. The van der Waals surface area contributed by atoms with Crippen LogP contribution in [0.4, 0.5) is 5.69 Å². The maximum Gasteiger partial charge on any atom is 0.276 e. The number of rotatable bonds is 4. The van der Waals surface area contributed by atoms with Gasteiger partial charge in [-0.2, -0.15) is 5.10 Å². The molecule has 0 saturated heterocycles. The van der Waals surface area contributed by atoms with Crippen LogP contribution in [0.3, 0.4) is 0 Å². The zero-order valence-corrected chi connectivity index (χ0v) is 11.5. The molecule has 1 amide bonds. The van der Waals surface area contributed by atoms with Crippen LogP contribution in [0, 0.1) is 6.92 Å². The molecule has 0 fully saturated rings. The van der Waals surface area contributed by atoms with E-state index in [9.17, 15) is 4.79 Å². The van der Waals surface area contributed by atoms with Gasteiger partial charge in [-0.1, -0.05) is 0 Å². The summed E-state index contributed by atoms with van der Waals surface area (Å²) in [6, 6.07) is 8.48. The molecular formula is C14H15N3O3. The van der Waals surface area contributed by atoms with Crippen LogP contribution < -0.4 is 14.8 Å². The number of anilines is 1. The number of aromatic nitrogens is 2. The SMILES string of the molecule is COc1ccc(NC(=O)c2ccc(C)nn2)cc1OC. The zero-order valence-electron chi connectivity index (χ0n) is 11.5. The third kappa shape index (κ3) is 3.03. The lowest BCUT2D eigenvalue weighted by atomic mass is 10.2. The van der Waals surface area contributed by atoms with Crippen LogP contribution in [0.2, 0.25) is 0 Å². The predicted molar refractivity (Wildman–Crippen MR) is 74.3 cm³/mol. The number of nitrogens with one attached hydrogen (secondary N) is 1. The molecule has 0 aliphatic heterocycles. The van der Waals surface area contributed by atoms with Crippen molar-refractivity contribution in [2.45, 2.75) is 6.92 Å². The molecule has 2 rings (SSSR count). The van der Waals surface area contributed by atoms with Gasteiger partial charge in [0.2, 0.25) is 0 Å². The molecule has 0 radical (unpaired) electrons. The summed E-state index contributed by atoms with van der Waals surface area (Å²) in [5.41, 5.74) is 1.60. The number of benzene rings is 1. The minimum atomic E-state index is -0.329. The van der Waals surface area contributed by atoms with Gasteiger partial charge >= 0.3 is 0 Å². The normalized spacial score (nSPS) is 9.95. The molecule has 20 heavy (non-hydrogen) atoms. The molecule has 0 aliphatic rings. The molecule has 6 heteroatoms. The molecule has 1 aromatic heterocycles. The fourth-order valence-electron chi connectivity index (χ4n) is 1.63. The summed E-state index contributed by atoms with van der Waals surface area (Å²) >= 11 is 0. The van der Waals surface area contributed by atoms with E-state index in [1.54, 1.807) is 37.4 Å².